The maximum atomic E-state index is 13.1. The van der Waals surface area contributed by atoms with Crippen molar-refractivity contribution in [3.05, 3.63) is 18.0 Å². The van der Waals surface area contributed by atoms with E-state index in [1.807, 2.05) is 4.90 Å². The fourth-order valence-corrected chi connectivity index (χ4v) is 5.62. The summed E-state index contributed by atoms with van der Waals surface area (Å²) in [5.41, 5.74) is 6.29. The molecule has 27 heavy (non-hydrogen) atoms. The number of hydrogen-bond acceptors (Lipinski definition) is 4. The lowest BCUT2D eigenvalue weighted by molar-refractivity contribution is 0.0564. The first-order valence-corrected chi connectivity index (χ1v) is 11.0. The van der Waals surface area contributed by atoms with Gasteiger partial charge in [-0.3, -0.25) is 4.79 Å². The van der Waals surface area contributed by atoms with Crippen LogP contribution in [0.4, 0.5) is 0 Å². The van der Waals surface area contributed by atoms with Crippen molar-refractivity contribution in [2.24, 2.45) is 18.7 Å². The van der Waals surface area contributed by atoms with Crippen molar-refractivity contribution in [3.8, 4) is 0 Å². The molecule has 1 aromatic heterocycles. The van der Waals surface area contributed by atoms with Gasteiger partial charge in [-0.05, 0) is 37.7 Å². The molecule has 2 aliphatic heterocycles. The summed E-state index contributed by atoms with van der Waals surface area (Å²) in [4.78, 5) is 15.1. The van der Waals surface area contributed by atoms with Crippen molar-refractivity contribution >= 4 is 28.3 Å². The highest BCUT2D eigenvalue weighted by Crippen LogP contribution is 2.26. The maximum absolute atomic E-state index is 13.1. The first-order valence-electron chi connectivity index (χ1n) is 9.52. The van der Waals surface area contributed by atoms with Gasteiger partial charge in [-0.15, -0.1) is 12.4 Å². The van der Waals surface area contributed by atoms with E-state index in [1.165, 1.54) is 10.4 Å². The monoisotopic (exact) mass is 418 g/mol. The van der Waals surface area contributed by atoms with E-state index in [4.69, 9.17) is 5.73 Å². The third kappa shape index (κ3) is 4.50. The van der Waals surface area contributed by atoms with Gasteiger partial charge in [0, 0.05) is 45.5 Å². The molecule has 9 heteroatoms. The molecule has 0 spiro atoms. The average Bonchev–Trinajstić information content (AvgIpc) is 3.04. The van der Waals surface area contributed by atoms with E-state index in [-0.39, 0.29) is 29.3 Å². The van der Waals surface area contributed by atoms with Crippen LogP contribution in [-0.2, 0) is 17.1 Å². The van der Waals surface area contributed by atoms with Crippen molar-refractivity contribution in [2.45, 2.75) is 50.0 Å². The van der Waals surface area contributed by atoms with E-state index in [0.717, 1.165) is 32.1 Å². The molecule has 0 aliphatic carbocycles. The maximum Gasteiger partial charge on any atom is 0.270 e. The van der Waals surface area contributed by atoms with Crippen LogP contribution in [0.15, 0.2) is 17.2 Å². The molecule has 0 bridgehead atoms. The lowest BCUT2D eigenvalue weighted by Gasteiger charge is -2.38. The van der Waals surface area contributed by atoms with Gasteiger partial charge in [-0.2, -0.15) is 4.31 Å². The van der Waals surface area contributed by atoms with Gasteiger partial charge in [0.2, 0.25) is 10.0 Å². The van der Waals surface area contributed by atoms with E-state index < -0.39 is 10.0 Å². The minimum atomic E-state index is -3.54. The zero-order valence-electron chi connectivity index (χ0n) is 16.1. The summed E-state index contributed by atoms with van der Waals surface area (Å²) in [6.07, 6.45) is 6.25. The molecule has 0 aromatic carbocycles. The number of amides is 1. The van der Waals surface area contributed by atoms with E-state index in [2.05, 4.69) is 6.92 Å². The van der Waals surface area contributed by atoms with Crippen molar-refractivity contribution < 1.29 is 13.2 Å². The SMILES string of the molecule is CC1CCN(C(=O)c2cc(S(=O)(=O)N3CCCCC3)cn2C)C(CN)C1.Cl. The molecule has 0 saturated carbocycles. The number of rotatable bonds is 4. The Morgan fingerprint density at radius 2 is 1.89 bits per heavy atom. The van der Waals surface area contributed by atoms with Gasteiger partial charge in [0.05, 0.1) is 0 Å². The lowest BCUT2D eigenvalue weighted by atomic mass is 9.92. The number of piperidine rings is 2. The Morgan fingerprint density at radius 3 is 2.52 bits per heavy atom. The Balaban J connectivity index is 0.00000261. The fraction of sp³-hybridized carbons (Fsp3) is 0.722. The van der Waals surface area contributed by atoms with Crippen LogP contribution < -0.4 is 5.73 Å². The number of hydrogen-bond donors (Lipinski definition) is 1. The highest BCUT2D eigenvalue weighted by Gasteiger charge is 2.33. The van der Waals surface area contributed by atoms with Crippen LogP contribution >= 0.6 is 12.4 Å². The van der Waals surface area contributed by atoms with Gasteiger partial charge in [-0.25, -0.2) is 8.42 Å². The van der Waals surface area contributed by atoms with Crippen LogP contribution in [0.25, 0.3) is 0 Å². The van der Waals surface area contributed by atoms with E-state index >= 15 is 0 Å². The van der Waals surface area contributed by atoms with Crippen molar-refractivity contribution in [2.75, 3.05) is 26.2 Å². The number of nitrogens with zero attached hydrogens (tertiary/aromatic N) is 3. The van der Waals surface area contributed by atoms with Crippen molar-refractivity contribution in [1.29, 1.82) is 0 Å². The second-order valence-electron chi connectivity index (χ2n) is 7.65. The highest BCUT2D eigenvalue weighted by molar-refractivity contribution is 7.89. The third-order valence-corrected chi connectivity index (χ3v) is 7.53. The molecule has 3 heterocycles. The van der Waals surface area contributed by atoms with Gasteiger partial charge in [0.15, 0.2) is 0 Å². The highest BCUT2D eigenvalue weighted by atomic mass is 35.5. The zero-order chi connectivity index (χ0) is 18.9. The van der Waals surface area contributed by atoms with Crippen LogP contribution in [0.5, 0.6) is 0 Å². The largest absolute Gasteiger partial charge is 0.345 e. The molecule has 7 nitrogen and oxygen atoms in total. The molecular weight excluding hydrogens is 388 g/mol. The lowest BCUT2D eigenvalue weighted by Crippen LogP contribution is -2.49. The van der Waals surface area contributed by atoms with E-state index in [0.29, 0.717) is 37.8 Å². The summed E-state index contributed by atoms with van der Waals surface area (Å²) < 4.78 is 28.9. The van der Waals surface area contributed by atoms with Gasteiger partial charge in [0.1, 0.15) is 10.6 Å². The molecule has 2 fully saturated rings. The molecule has 2 aliphatic rings. The number of carbonyl (C=O) groups excluding carboxylic acids is 1. The molecule has 3 rings (SSSR count). The Hall–Kier alpha value is -1.09. The molecular formula is C18H31ClN4O3S. The summed E-state index contributed by atoms with van der Waals surface area (Å²) in [7, 11) is -1.81. The Morgan fingerprint density at radius 1 is 1.22 bits per heavy atom. The van der Waals surface area contributed by atoms with Crippen LogP contribution in [0.2, 0.25) is 0 Å². The number of nitrogens with two attached hydrogens (primary N) is 1. The molecule has 0 radical (unpaired) electrons. The minimum Gasteiger partial charge on any atom is -0.345 e. The van der Waals surface area contributed by atoms with Gasteiger partial charge in [0.25, 0.3) is 5.91 Å². The Bertz CT molecular complexity index is 759. The standard InChI is InChI=1S/C18H30N4O3S.ClH/c1-14-6-9-22(15(10-14)12-19)18(23)17-11-16(13-20(17)2)26(24,25)21-7-4-3-5-8-21;/h11,13-15H,3-10,12,19H2,1-2H3;1H. The molecule has 1 amide bonds. The van der Waals surface area contributed by atoms with E-state index in [1.54, 1.807) is 17.8 Å². The molecule has 2 unspecified atom stereocenters. The van der Waals surface area contributed by atoms with Gasteiger partial charge >= 0.3 is 0 Å². The predicted molar refractivity (Wildman–Crippen MR) is 108 cm³/mol. The summed E-state index contributed by atoms with van der Waals surface area (Å²) in [5, 5.41) is 0. The predicted octanol–water partition coefficient (Wildman–Crippen LogP) is 1.82. The fourth-order valence-electron chi connectivity index (χ4n) is 4.03. The molecule has 1 aromatic rings. The first kappa shape index (κ1) is 22.2. The molecule has 2 atom stereocenters. The van der Waals surface area contributed by atoms with Gasteiger partial charge in [-0.1, -0.05) is 13.3 Å². The Kier molecular flexibility index (Phi) is 7.35. The van der Waals surface area contributed by atoms with Crippen LogP contribution in [0.3, 0.4) is 0 Å². The van der Waals surface area contributed by atoms with Crippen LogP contribution in [0.1, 0.15) is 49.5 Å². The number of likely N-dealkylation sites (tertiary alicyclic amines) is 1. The third-order valence-electron chi connectivity index (χ3n) is 5.66. The summed E-state index contributed by atoms with van der Waals surface area (Å²) >= 11 is 0. The van der Waals surface area contributed by atoms with Crippen LogP contribution in [0, 0.1) is 5.92 Å². The summed E-state index contributed by atoms with van der Waals surface area (Å²) in [6.45, 7) is 4.39. The number of aryl methyl sites for hydroxylation is 1. The van der Waals surface area contributed by atoms with Crippen molar-refractivity contribution in [1.82, 2.24) is 13.8 Å². The molecule has 2 saturated heterocycles. The second kappa shape index (κ2) is 8.94. The van der Waals surface area contributed by atoms with E-state index in [9.17, 15) is 13.2 Å². The Labute approximate surface area is 168 Å². The topological polar surface area (TPSA) is 88.6 Å². The smallest absolute Gasteiger partial charge is 0.270 e. The summed E-state index contributed by atoms with van der Waals surface area (Å²) in [6, 6.07) is 1.54. The molecule has 2 N–H and O–H groups in total. The second-order valence-corrected chi connectivity index (χ2v) is 9.59. The zero-order valence-corrected chi connectivity index (χ0v) is 17.8. The minimum absolute atomic E-state index is 0. The van der Waals surface area contributed by atoms with Crippen LogP contribution in [-0.4, -0.2) is 60.3 Å². The number of sulfonamides is 1. The summed E-state index contributed by atoms with van der Waals surface area (Å²) in [5.74, 6) is 0.422. The number of carbonyl (C=O) groups is 1. The number of aromatic nitrogens is 1. The van der Waals surface area contributed by atoms with Gasteiger partial charge < -0.3 is 15.2 Å². The van der Waals surface area contributed by atoms with Crippen molar-refractivity contribution in [3.63, 3.8) is 0 Å². The first-order chi connectivity index (χ1) is 12.3. The molecule has 154 valence electrons. The average molecular weight is 419 g/mol. The quantitative estimate of drug-likeness (QED) is 0.807. The normalized spacial score (nSPS) is 24.5. The number of halogens is 1.